The number of esters is 1. The van der Waals surface area contributed by atoms with Gasteiger partial charge in [-0.05, 0) is 31.0 Å². The van der Waals surface area contributed by atoms with Crippen LogP contribution in [0.1, 0.15) is 32.3 Å². The van der Waals surface area contributed by atoms with Crippen LogP contribution in [0.4, 0.5) is 4.39 Å². The number of ketones is 1. The van der Waals surface area contributed by atoms with Gasteiger partial charge in [0.15, 0.2) is 0 Å². The number of halogens is 1. The summed E-state index contributed by atoms with van der Waals surface area (Å²) in [7, 11) is 0. The van der Waals surface area contributed by atoms with Crippen LogP contribution in [0.2, 0.25) is 0 Å². The van der Waals surface area contributed by atoms with Crippen LogP contribution in [0, 0.1) is 11.7 Å². The molecule has 0 bridgehead atoms. The van der Waals surface area contributed by atoms with E-state index < -0.39 is 17.8 Å². The fourth-order valence-electron chi connectivity index (χ4n) is 2.81. The van der Waals surface area contributed by atoms with E-state index >= 15 is 0 Å². The lowest BCUT2D eigenvalue weighted by atomic mass is 9.84. The maximum atomic E-state index is 14.5. The summed E-state index contributed by atoms with van der Waals surface area (Å²) in [5.74, 6) is -2.61. The molecule has 2 aromatic rings. The summed E-state index contributed by atoms with van der Waals surface area (Å²) in [6.07, 6.45) is 0. The number of benzene rings is 2. The van der Waals surface area contributed by atoms with Crippen molar-refractivity contribution in [3.8, 4) is 11.1 Å². The molecular weight excluding hydrogens is 307 g/mol. The minimum absolute atomic E-state index is 0.205. The standard InChI is InChI=1S/C20H21FO3/c1-4-24-20(23)19(14(3)22)13(2)16-10-11-17(18(21)12-16)15-8-6-5-7-9-15/h5-13,19H,4H2,1-3H3. The number of carbonyl (C=O) groups is 2. The first-order chi connectivity index (χ1) is 11.5. The van der Waals surface area contributed by atoms with Crippen LogP contribution < -0.4 is 0 Å². The minimum Gasteiger partial charge on any atom is -0.465 e. The zero-order chi connectivity index (χ0) is 17.7. The van der Waals surface area contributed by atoms with E-state index in [1.165, 1.54) is 13.0 Å². The fraction of sp³-hybridized carbons (Fsp3) is 0.300. The minimum atomic E-state index is -0.924. The van der Waals surface area contributed by atoms with Crippen LogP contribution in [0.5, 0.6) is 0 Å². The van der Waals surface area contributed by atoms with Gasteiger partial charge in [0.1, 0.15) is 17.5 Å². The predicted molar refractivity (Wildman–Crippen MR) is 91.1 cm³/mol. The molecule has 2 unspecified atom stereocenters. The molecule has 4 heteroatoms. The van der Waals surface area contributed by atoms with Gasteiger partial charge >= 0.3 is 5.97 Å². The lowest BCUT2D eigenvalue weighted by molar-refractivity contribution is -0.151. The van der Waals surface area contributed by atoms with Gasteiger partial charge in [-0.1, -0.05) is 49.4 Å². The molecule has 0 aliphatic carbocycles. The Bertz CT molecular complexity index is 725. The van der Waals surface area contributed by atoms with Gasteiger partial charge in [0.2, 0.25) is 0 Å². The lowest BCUT2D eigenvalue weighted by Crippen LogP contribution is -2.29. The van der Waals surface area contributed by atoms with Crippen molar-refractivity contribution in [3.05, 3.63) is 59.9 Å². The molecule has 0 saturated carbocycles. The van der Waals surface area contributed by atoms with Crippen LogP contribution in [0.25, 0.3) is 11.1 Å². The van der Waals surface area contributed by atoms with Crippen LogP contribution in [-0.4, -0.2) is 18.4 Å². The van der Waals surface area contributed by atoms with E-state index in [4.69, 9.17) is 4.74 Å². The van der Waals surface area contributed by atoms with Gasteiger partial charge in [0.05, 0.1) is 6.61 Å². The molecule has 2 atom stereocenters. The van der Waals surface area contributed by atoms with Gasteiger partial charge in [-0.15, -0.1) is 0 Å². The van der Waals surface area contributed by atoms with Gasteiger partial charge in [0.25, 0.3) is 0 Å². The van der Waals surface area contributed by atoms with Crippen LogP contribution >= 0.6 is 0 Å². The van der Waals surface area contributed by atoms with Crippen LogP contribution in [0.3, 0.4) is 0 Å². The van der Waals surface area contributed by atoms with Gasteiger partial charge in [-0.2, -0.15) is 0 Å². The smallest absolute Gasteiger partial charge is 0.317 e. The average Bonchev–Trinajstić information content (AvgIpc) is 2.55. The first kappa shape index (κ1) is 17.9. The van der Waals surface area contributed by atoms with Gasteiger partial charge in [0, 0.05) is 11.5 Å². The van der Waals surface area contributed by atoms with E-state index in [2.05, 4.69) is 0 Å². The second-order valence-electron chi connectivity index (χ2n) is 5.73. The molecule has 0 saturated heterocycles. The molecule has 2 aromatic carbocycles. The normalized spacial score (nSPS) is 13.2. The first-order valence-corrected chi connectivity index (χ1v) is 7.97. The van der Waals surface area contributed by atoms with E-state index in [1.807, 2.05) is 30.3 Å². The van der Waals surface area contributed by atoms with E-state index in [1.54, 1.807) is 26.0 Å². The molecule has 0 amide bonds. The molecule has 0 aromatic heterocycles. The number of Topliss-reactive ketones (excluding diaryl/α,β-unsaturated/α-hetero) is 1. The largest absolute Gasteiger partial charge is 0.465 e. The molecule has 0 fully saturated rings. The highest BCUT2D eigenvalue weighted by atomic mass is 19.1. The maximum Gasteiger partial charge on any atom is 0.317 e. The van der Waals surface area contributed by atoms with Crippen LogP contribution in [0.15, 0.2) is 48.5 Å². The van der Waals surface area contributed by atoms with Gasteiger partial charge < -0.3 is 4.74 Å². The fourth-order valence-corrected chi connectivity index (χ4v) is 2.81. The third-order valence-electron chi connectivity index (χ3n) is 4.08. The highest BCUT2D eigenvalue weighted by Gasteiger charge is 2.32. The first-order valence-electron chi connectivity index (χ1n) is 7.97. The van der Waals surface area contributed by atoms with Crippen LogP contribution in [-0.2, 0) is 14.3 Å². The van der Waals surface area contributed by atoms with E-state index in [9.17, 15) is 14.0 Å². The van der Waals surface area contributed by atoms with Crippen molar-refractivity contribution < 1.29 is 18.7 Å². The summed E-state index contributed by atoms with van der Waals surface area (Å²) < 4.78 is 19.5. The second kappa shape index (κ2) is 7.86. The molecule has 0 radical (unpaired) electrons. The Labute approximate surface area is 141 Å². The topological polar surface area (TPSA) is 43.4 Å². The number of hydrogen-bond donors (Lipinski definition) is 0. The zero-order valence-corrected chi connectivity index (χ0v) is 14.1. The van der Waals surface area contributed by atoms with Gasteiger partial charge in [-0.25, -0.2) is 4.39 Å². The van der Waals surface area contributed by atoms with Crippen molar-refractivity contribution in [3.63, 3.8) is 0 Å². The summed E-state index contributed by atoms with van der Waals surface area (Å²) in [5.41, 5.74) is 1.87. The molecule has 126 valence electrons. The van der Waals surface area contributed by atoms with Crippen molar-refractivity contribution in [2.75, 3.05) is 6.61 Å². The van der Waals surface area contributed by atoms with Crippen molar-refractivity contribution in [2.24, 2.45) is 5.92 Å². The van der Waals surface area contributed by atoms with E-state index in [-0.39, 0.29) is 18.2 Å². The summed E-state index contributed by atoms with van der Waals surface area (Å²) in [4.78, 5) is 23.9. The molecule has 0 spiro atoms. The van der Waals surface area contributed by atoms with Crippen molar-refractivity contribution in [1.29, 1.82) is 0 Å². The summed E-state index contributed by atoms with van der Waals surface area (Å²) in [6, 6.07) is 14.0. The maximum absolute atomic E-state index is 14.5. The zero-order valence-electron chi connectivity index (χ0n) is 14.1. The number of rotatable bonds is 6. The quantitative estimate of drug-likeness (QED) is 0.584. The Morgan fingerprint density at radius 2 is 1.79 bits per heavy atom. The number of carbonyl (C=O) groups excluding carboxylic acids is 2. The SMILES string of the molecule is CCOC(=O)C(C(C)=O)C(C)c1ccc(-c2ccccc2)c(F)c1. The molecule has 0 N–H and O–H groups in total. The Morgan fingerprint density at radius 3 is 2.33 bits per heavy atom. The predicted octanol–water partition coefficient (Wildman–Crippen LogP) is 4.36. The lowest BCUT2D eigenvalue weighted by Gasteiger charge is -2.21. The van der Waals surface area contributed by atoms with Crippen molar-refractivity contribution in [1.82, 2.24) is 0 Å². The van der Waals surface area contributed by atoms with Crippen molar-refractivity contribution >= 4 is 11.8 Å². The Balaban J connectivity index is 2.33. The molecule has 0 heterocycles. The molecule has 24 heavy (non-hydrogen) atoms. The Kier molecular flexibility index (Phi) is 5.85. The summed E-state index contributed by atoms with van der Waals surface area (Å²) in [5, 5.41) is 0. The van der Waals surface area contributed by atoms with E-state index in [0.29, 0.717) is 11.1 Å². The molecule has 0 aliphatic heterocycles. The highest BCUT2D eigenvalue weighted by Crippen LogP contribution is 2.30. The monoisotopic (exact) mass is 328 g/mol. The second-order valence-corrected chi connectivity index (χ2v) is 5.73. The number of hydrogen-bond acceptors (Lipinski definition) is 3. The van der Waals surface area contributed by atoms with Crippen molar-refractivity contribution in [2.45, 2.75) is 26.7 Å². The Hall–Kier alpha value is -2.49. The average molecular weight is 328 g/mol. The summed E-state index contributed by atoms with van der Waals surface area (Å²) in [6.45, 7) is 4.98. The molecule has 0 aliphatic rings. The summed E-state index contributed by atoms with van der Waals surface area (Å²) >= 11 is 0. The van der Waals surface area contributed by atoms with E-state index in [0.717, 1.165) is 5.56 Å². The molecular formula is C20H21FO3. The number of ether oxygens (including phenoxy) is 1. The Morgan fingerprint density at radius 1 is 1.12 bits per heavy atom. The molecule has 2 rings (SSSR count). The molecule has 3 nitrogen and oxygen atoms in total. The third kappa shape index (κ3) is 3.88. The highest BCUT2D eigenvalue weighted by molar-refractivity contribution is 5.98. The third-order valence-corrected chi connectivity index (χ3v) is 4.08. The van der Waals surface area contributed by atoms with Gasteiger partial charge in [-0.3, -0.25) is 9.59 Å².